The smallest absolute Gasteiger partial charge is 0.325 e. The number of carbonyl (C=O) groups excluding carboxylic acids is 2. The molecule has 7 aliphatic carbocycles. The summed E-state index contributed by atoms with van der Waals surface area (Å²) < 4.78 is 28.9. The molecule has 1 aromatic rings. The number of allylic oxidation sites excluding steroid dienone is 4. The van der Waals surface area contributed by atoms with Crippen LogP contribution >= 0.6 is 0 Å². The van der Waals surface area contributed by atoms with Crippen molar-refractivity contribution in [2.45, 2.75) is 78.1 Å². The Hall–Kier alpha value is -3.84. The van der Waals surface area contributed by atoms with E-state index < -0.39 is 17.4 Å². The zero-order valence-corrected chi connectivity index (χ0v) is 29.3. The molecule has 250 valence electrons. The van der Waals surface area contributed by atoms with E-state index in [0.29, 0.717) is 23.7 Å². The van der Waals surface area contributed by atoms with Crippen molar-refractivity contribution in [1.29, 1.82) is 0 Å². The van der Waals surface area contributed by atoms with Crippen LogP contribution in [0.1, 0.15) is 89.2 Å². The maximum absolute atomic E-state index is 13.3. The van der Waals surface area contributed by atoms with Crippen molar-refractivity contribution in [3.8, 4) is 40.9 Å². The maximum atomic E-state index is 13.3. The van der Waals surface area contributed by atoms with Gasteiger partial charge in [0.25, 0.3) is 0 Å². The molecule has 6 saturated carbocycles. The Labute approximate surface area is 279 Å². The third-order valence-electron chi connectivity index (χ3n) is 12.8. The fraction of sp³-hybridized carbons (Fsp3) is 0.600. The van der Waals surface area contributed by atoms with Crippen molar-refractivity contribution in [3.63, 3.8) is 0 Å². The van der Waals surface area contributed by atoms with Crippen LogP contribution < -0.4 is 14.2 Å². The van der Waals surface area contributed by atoms with Gasteiger partial charge in [0.05, 0.1) is 35.5 Å². The molecule has 6 atom stereocenters. The first-order valence-electron chi connectivity index (χ1n) is 16.8. The SMILES string of the molecule is COC(=O)C1(C(=O)OC)CC#C/C=C2\[C@H](C[C@H]3C[C@@H]2C3(C)C)c2c(OC)cc(OC)c(c2OC)[C@H]2C[C@H]3C[C@@H](/C2=C\C#CC1)C3(C)C. The molecule has 0 amide bonds. The Bertz CT molecular complexity index is 1550. The summed E-state index contributed by atoms with van der Waals surface area (Å²) in [5.41, 5.74) is 3.15. The van der Waals surface area contributed by atoms with Crippen molar-refractivity contribution in [1.82, 2.24) is 0 Å². The number of methoxy groups -OCH3 is 5. The third-order valence-corrected chi connectivity index (χ3v) is 12.8. The highest BCUT2D eigenvalue weighted by Gasteiger charge is 2.58. The first-order chi connectivity index (χ1) is 22.4. The van der Waals surface area contributed by atoms with Gasteiger partial charge in [-0.1, -0.05) is 62.5 Å². The molecule has 0 N–H and O–H groups in total. The molecule has 0 spiro atoms. The molecule has 6 fully saturated rings. The molecule has 8 rings (SSSR count). The minimum absolute atomic E-state index is 0.0243. The number of rotatable bonds is 5. The van der Waals surface area contributed by atoms with Crippen LogP contribution in [0.4, 0.5) is 0 Å². The second-order valence-electron chi connectivity index (χ2n) is 15.2. The first kappa shape index (κ1) is 33.1. The topological polar surface area (TPSA) is 80.3 Å². The van der Waals surface area contributed by atoms with Gasteiger partial charge in [0, 0.05) is 41.9 Å². The van der Waals surface area contributed by atoms with E-state index in [1.54, 1.807) is 21.3 Å². The van der Waals surface area contributed by atoms with Gasteiger partial charge in [-0.15, -0.1) is 0 Å². The van der Waals surface area contributed by atoms with Gasteiger partial charge in [0.2, 0.25) is 0 Å². The molecule has 0 unspecified atom stereocenters. The highest BCUT2D eigenvalue weighted by molar-refractivity contribution is 6.00. The zero-order chi connectivity index (χ0) is 33.9. The van der Waals surface area contributed by atoms with E-state index in [1.807, 2.05) is 18.2 Å². The van der Waals surface area contributed by atoms with Gasteiger partial charge >= 0.3 is 11.9 Å². The quantitative estimate of drug-likeness (QED) is 0.195. The summed E-state index contributed by atoms with van der Waals surface area (Å²) in [7, 11) is 7.73. The number of esters is 2. The average molecular weight is 641 g/mol. The molecular weight excluding hydrogens is 592 g/mol. The number of carbonyl (C=O) groups is 2. The lowest BCUT2D eigenvalue weighted by molar-refractivity contribution is -0.168. The average Bonchev–Trinajstić information content (AvgIpc) is 3.08. The van der Waals surface area contributed by atoms with Crippen LogP contribution in [-0.4, -0.2) is 47.5 Å². The van der Waals surface area contributed by atoms with Gasteiger partial charge in [-0.2, -0.15) is 0 Å². The normalized spacial score (nSPS) is 32.4. The molecule has 7 aliphatic rings. The van der Waals surface area contributed by atoms with Crippen LogP contribution in [0, 0.1) is 63.6 Å². The molecule has 0 aliphatic heterocycles. The predicted molar refractivity (Wildman–Crippen MR) is 179 cm³/mol. The predicted octanol–water partition coefficient (Wildman–Crippen LogP) is 7.00. The highest BCUT2D eigenvalue weighted by atomic mass is 16.5. The number of hydrogen-bond donors (Lipinski definition) is 0. The van der Waals surface area contributed by atoms with Gasteiger partial charge in [-0.05, 0) is 72.3 Å². The van der Waals surface area contributed by atoms with Crippen LogP contribution in [0.25, 0.3) is 0 Å². The summed E-state index contributed by atoms with van der Waals surface area (Å²) in [4.78, 5) is 26.5. The summed E-state index contributed by atoms with van der Waals surface area (Å²) >= 11 is 0. The minimum atomic E-state index is -1.66. The standard InChI is InChI=1S/C40H48O7/c1-38(2)23-18-27-25(29(38)20-23)14-10-12-16-40(36(41)46-8,37(42)47-9)17-13-11-15-26-28(19-24-21-30(26)39(24,3)4)34-32(44-6)22-31(43-5)33(27)35(34)45-7/h14-15,22-24,27-30H,16-21H2,1-9H3/b25-14-,26-15+/t23-,24-,27-,28-,29-,30-/m0/s1. The Morgan fingerprint density at radius 2 is 1.09 bits per heavy atom. The molecule has 7 heteroatoms. The van der Waals surface area contributed by atoms with Crippen molar-refractivity contribution < 1.29 is 33.3 Å². The molecule has 0 heterocycles. The van der Waals surface area contributed by atoms with Gasteiger partial charge < -0.3 is 23.7 Å². The zero-order valence-electron chi connectivity index (χ0n) is 29.3. The lowest BCUT2D eigenvalue weighted by atomic mass is 9.43. The van der Waals surface area contributed by atoms with Gasteiger partial charge in [0.15, 0.2) is 5.41 Å². The van der Waals surface area contributed by atoms with Crippen LogP contribution in [0.2, 0.25) is 0 Å². The molecule has 0 radical (unpaired) electrons. The van der Waals surface area contributed by atoms with Crippen molar-refractivity contribution >= 4 is 11.9 Å². The van der Waals surface area contributed by atoms with Gasteiger partial charge in [0.1, 0.15) is 17.2 Å². The molecule has 0 aromatic heterocycles. The van der Waals surface area contributed by atoms with E-state index in [1.165, 1.54) is 25.4 Å². The van der Waals surface area contributed by atoms with Crippen molar-refractivity contribution in [2.24, 2.45) is 39.9 Å². The summed E-state index contributed by atoms with van der Waals surface area (Å²) in [6.45, 7) is 9.37. The highest BCUT2D eigenvalue weighted by Crippen LogP contribution is 2.69. The minimum Gasteiger partial charge on any atom is -0.496 e. The number of hydrogen-bond acceptors (Lipinski definition) is 7. The summed E-state index contributed by atoms with van der Waals surface area (Å²) in [6, 6.07) is 2.04. The van der Waals surface area contributed by atoms with Crippen molar-refractivity contribution in [3.05, 3.63) is 40.5 Å². The maximum Gasteiger partial charge on any atom is 0.325 e. The summed E-state index contributed by atoms with van der Waals surface area (Å²) in [5.74, 6) is 15.5. The van der Waals surface area contributed by atoms with Crippen molar-refractivity contribution in [2.75, 3.05) is 35.5 Å². The van der Waals surface area contributed by atoms with E-state index in [0.717, 1.165) is 54.1 Å². The van der Waals surface area contributed by atoms with Crippen LogP contribution in [0.5, 0.6) is 17.2 Å². The fourth-order valence-electron chi connectivity index (χ4n) is 9.62. The van der Waals surface area contributed by atoms with Crippen LogP contribution in [-0.2, 0) is 19.1 Å². The Balaban J connectivity index is 1.63. The molecule has 47 heavy (non-hydrogen) atoms. The molecule has 1 aromatic carbocycles. The van der Waals surface area contributed by atoms with Crippen LogP contribution in [0.15, 0.2) is 29.4 Å². The molecular formula is C40H48O7. The number of ether oxygens (including phenoxy) is 5. The van der Waals surface area contributed by atoms with Gasteiger partial charge in [-0.25, -0.2) is 0 Å². The lowest BCUT2D eigenvalue weighted by Crippen LogP contribution is -2.51. The fourth-order valence-corrected chi connectivity index (χ4v) is 9.62. The van der Waals surface area contributed by atoms with Gasteiger partial charge in [-0.3, -0.25) is 9.59 Å². The number of fused-ring (bicyclic) bond motifs is 2. The molecule has 0 saturated heterocycles. The molecule has 7 nitrogen and oxygen atoms in total. The van der Waals surface area contributed by atoms with E-state index in [4.69, 9.17) is 23.7 Å². The number of benzene rings is 1. The second-order valence-corrected chi connectivity index (χ2v) is 15.2. The Kier molecular flexibility index (Phi) is 8.44. The first-order valence-corrected chi connectivity index (χ1v) is 16.8. The largest absolute Gasteiger partial charge is 0.496 e. The Morgan fingerprint density at radius 3 is 1.43 bits per heavy atom. The van der Waals surface area contributed by atoms with E-state index in [2.05, 4.69) is 51.4 Å². The van der Waals surface area contributed by atoms with E-state index >= 15 is 0 Å². The Morgan fingerprint density at radius 1 is 0.660 bits per heavy atom. The van der Waals surface area contributed by atoms with E-state index in [9.17, 15) is 9.59 Å². The van der Waals surface area contributed by atoms with Crippen LogP contribution in [0.3, 0.4) is 0 Å². The second kappa shape index (κ2) is 12.0. The lowest BCUT2D eigenvalue weighted by Gasteiger charge is -2.61. The summed E-state index contributed by atoms with van der Waals surface area (Å²) in [5, 5.41) is 0. The van der Waals surface area contributed by atoms with E-state index in [-0.39, 0.29) is 35.5 Å². The molecule has 6 bridgehead atoms. The third kappa shape index (κ3) is 4.87. The monoisotopic (exact) mass is 640 g/mol. The summed E-state index contributed by atoms with van der Waals surface area (Å²) in [6.07, 6.45) is 7.97.